The van der Waals surface area contributed by atoms with E-state index in [4.69, 9.17) is 4.74 Å². The van der Waals surface area contributed by atoms with Crippen LogP contribution in [-0.4, -0.2) is 55.7 Å². The van der Waals surface area contributed by atoms with Crippen molar-refractivity contribution in [1.29, 1.82) is 0 Å². The van der Waals surface area contributed by atoms with E-state index in [0.717, 1.165) is 32.7 Å². The summed E-state index contributed by atoms with van der Waals surface area (Å²) in [6, 6.07) is 16.1. The first-order valence-electron chi connectivity index (χ1n) is 10.8. The summed E-state index contributed by atoms with van der Waals surface area (Å²) < 4.78 is 5.46. The van der Waals surface area contributed by atoms with E-state index in [-0.39, 0.29) is 11.9 Å². The quantitative estimate of drug-likeness (QED) is 0.602. The van der Waals surface area contributed by atoms with Crippen molar-refractivity contribution in [3.8, 4) is 0 Å². The van der Waals surface area contributed by atoms with Crippen molar-refractivity contribution >= 4 is 23.3 Å². The lowest BCUT2D eigenvalue weighted by Crippen LogP contribution is -2.49. The smallest absolute Gasteiger partial charge is 0.323 e. The number of ether oxygens (including phenoxy) is 1. The molecule has 3 N–H and O–H groups in total. The molecule has 31 heavy (non-hydrogen) atoms. The second-order valence-corrected chi connectivity index (χ2v) is 8.16. The minimum absolute atomic E-state index is 0.109. The summed E-state index contributed by atoms with van der Waals surface area (Å²) in [5.41, 5.74) is 1.91. The monoisotopic (exact) mass is 424 g/mol. The van der Waals surface area contributed by atoms with Gasteiger partial charge in [0.05, 0.1) is 13.2 Å². The van der Waals surface area contributed by atoms with E-state index in [0.29, 0.717) is 35.4 Å². The van der Waals surface area contributed by atoms with Gasteiger partial charge in [0.15, 0.2) is 0 Å². The highest BCUT2D eigenvalue weighted by Crippen LogP contribution is 2.14. The largest absolute Gasteiger partial charge is 0.379 e. The van der Waals surface area contributed by atoms with Crippen molar-refractivity contribution in [2.45, 2.75) is 26.3 Å². The van der Waals surface area contributed by atoms with Gasteiger partial charge in [0.25, 0.3) is 5.91 Å². The zero-order valence-corrected chi connectivity index (χ0v) is 18.3. The molecule has 0 aromatic heterocycles. The van der Waals surface area contributed by atoms with Crippen molar-refractivity contribution in [3.63, 3.8) is 0 Å². The van der Waals surface area contributed by atoms with Crippen molar-refractivity contribution in [1.82, 2.24) is 10.2 Å². The predicted molar refractivity (Wildman–Crippen MR) is 123 cm³/mol. The number of carbonyl (C=O) groups excluding carboxylic acids is 2. The average molecular weight is 425 g/mol. The first-order valence-corrected chi connectivity index (χ1v) is 10.8. The van der Waals surface area contributed by atoms with Crippen LogP contribution < -0.4 is 16.0 Å². The van der Waals surface area contributed by atoms with Crippen LogP contribution in [0.2, 0.25) is 0 Å². The molecule has 0 spiro atoms. The fraction of sp³-hybridized carbons (Fsp3) is 0.417. The van der Waals surface area contributed by atoms with E-state index in [9.17, 15) is 9.59 Å². The molecule has 1 saturated heterocycles. The number of amides is 3. The molecule has 1 aliphatic heterocycles. The van der Waals surface area contributed by atoms with E-state index in [1.807, 2.05) is 30.3 Å². The number of hydrogen-bond acceptors (Lipinski definition) is 4. The number of carbonyl (C=O) groups is 2. The fourth-order valence-electron chi connectivity index (χ4n) is 3.68. The fourth-order valence-corrected chi connectivity index (χ4v) is 3.68. The van der Waals surface area contributed by atoms with Crippen LogP contribution >= 0.6 is 0 Å². The van der Waals surface area contributed by atoms with Crippen LogP contribution in [0.1, 0.15) is 30.6 Å². The summed E-state index contributed by atoms with van der Waals surface area (Å²) >= 11 is 0. The van der Waals surface area contributed by atoms with Crippen LogP contribution in [0.25, 0.3) is 0 Å². The third-order valence-corrected chi connectivity index (χ3v) is 5.24. The Hall–Kier alpha value is -2.90. The molecule has 166 valence electrons. The number of benzene rings is 2. The Balaban J connectivity index is 1.51. The maximum absolute atomic E-state index is 12.6. The zero-order chi connectivity index (χ0) is 22.1. The van der Waals surface area contributed by atoms with E-state index in [2.05, 4.69) is 34.7 Å². The van der Waals surface area contributed by atoms with Gasteiger partial charge < -0.3 is 20.7 Å². The number of nitrogens with zero attached hydrogens (tertiary/aromatic N) is 1. The molecule has 1 atom stereocenters. The van der Waals surface area contributed by atoms with Gasteiger partial charge in [-0.2, -0.15) is 0 Å². The molecule has 0 bridgehead atoms. The Kier molecular flexibility index (Phi) is 8.44. The molecule has 3 rings (SSSR count). The molecule has 1 unspecified atom stereocenters. The van der Waals surface area contributed by atoms with Gasteiger partial charge in [0, 0.05) is 42.6 Å². The molecule has 1 aliphatic rings. The number of morpholine rings is 1. The molecule has 2 aromatic carbocycles. The van der Waals surface area contributed by atoms with Gasteiger partial charge in [-0.3, -0.25) is 9.69 Å². The SMILES string of the molecule is CC(C)CC(CNC(=O)c1ccc(NC(=O)Nc2ccccc2)cc1)N1CCOCC1. The molecule has 1 fully saturated rings. The van der Waals surface area contributed by atoms with E-state index in [1.165, 1.54) is 0 Å². The lowest BCUT2D eigenvalue weighted by Gasteiger charge is -2.35. The zero-order valence-electron chi connectivity index (χ0n) is 18.3. The maximum atomic E-state index is 12.6. The number of hydrogen-bond donors (Lipinski definition) is 3. The minimum Gasteiger partial charge on any atom is -0.379 e. The summed E-state index contributed by atoms with van der Waals surface area (Å²) in [5, 5.41) is 8.61. The van der Waals surface area contributed by atoms with Crippen LogP contribution in [0.5, 0.6) is 0 Å². The van der Waals surface area contributed by atoms with E-state index >= 15 is 0 Å². The molecular weight excluding hydrogens is 392 g/mol. The molecule has 7 heteroatoms. The summed E-state index contributed by atoms with van der Waals surface area (Å²) in [6.45, 7) is 8.31. The Labute approximate surface area is 184 Å². The number of anilines is 2. The third kappa shape index (κ3) is 7.38. The molecule has 7 nitrogen and oxygen atoms in total. The average Bonchev–Trinajstić information content (AvgIpc) is 2.78. The number of para-hydroxylation sites is 1. The topological polar surface area (TPSA) is 82.7 Å². The summed E-state index contributed by atoms with van der Waals surface area (Å²) in [5.74, 6) is 0.444. The second kappa shape index (κ2) is 11.5. The van der Waals surface area contributed by atoms with Crippen LogP contribution in [0.3, 0.4) is 0 Å². The molecule has 0 radical (unpaired) electrons. The second-order valence-electron chi connectivity index (χ2n) is 8.16. The summed E-state index contributed by atoms with van der Waals surface area (Å²) in [7, 11) is 0. The molecule has 0 aliphatic carbocycles. The minimum atomic E-state index is -0.328. The van der Waals surface area contributed by atoms with Crippen LogP contribution in [0, 0.1) is 5.92 Å². The Morgan fingerprint density at radius 2 is 1.55 bits per heavy atom. The number of urea groups is 1. The first kappa shape index (κ1) is 22.8. The molecule has 2 aromatic rings. The standard InChI is InChI=1S/C24H32N4O3/c1-18(2)16-22(28-12-14-31-15-13-28)17-25-23(29)19-8-10-21(11-9-19)27-24(30)26-20-6-4-3-5-7-20/h3-11,18,22H,12-17H2,1-2H3,(H,25,29)(H2,26,27,30). The van der Waals surface area contributed by atoms with Gasteiger partial charge in [-0.15, -0.1) is 0 Å². The van der Waals surface area contributed by atoms with Gasteiger partial charge in [-0.1, -0.05) is 32.0 Å². The van der Waals surface area contributed by atoms with Gasteiger partial charge in [-0.05, 0) is 48.7 Å². The van der Waals surface area contributed by atoms with E-state index in [1.54, 1.807) is 24.3 Å². The Morgan fingerprint density at radius 1 is 0.935 bits per heavy atom. The van der Waals surface area contributed by atoms with Crippen LogP contribution in [0.4, 0.5) is 16.2 Å². The molecule has 1 heterocycles. The maximum Gasteiger partial charge on any atom is 0.323 e. The Morgan fingerprint density at radius 3 is 2.16 bits per heavy atom. The van der Waals surface area contributed by atoms with Crippen LogP contribution in [0.15, 0.2) is 54.6 Å². The molecule has 3 amide bonds. The van der Waals surface area contributed by atoms with E-state index < -0.39 is 0 Å². The van der Waals surface area contributed by atoms with Gasteiger partial charge in [0.2, 0.25) is 0 Å². The lowest BCUT2D eigenvalue weighted by molar-refractivity contribution is 0.0124. The van der Waals surface area contributed by atoms with Crippen molar-refractivity contribution in [2.75, 3.05) is 43.5 Å². The number of rotatable bonds is 8. The highest BCUT2D eigenvalue weighted by molar-refractivity contribution is 6.00. The van der Waals surface area contributed by atoms with Gasteiger partial charge >= 0.3 is 6.03 Å². The normalized spacial score (nSPS) is 15.3. The Bertz CT molecular complexity index is 834. The van der Waals surface area contributed by atoms with Crippen molar-refractivity contribution in [3.05, 3.63) is 60.2 Å². The summed E-state index contributed by atoms with van der Waals surface area (Å²) in [4.78, 5) is 27.1. The predicted octanol–water partition coefficient (Wildman–Crippen LogP) is 3.81. The van der Waals surface area contributed by atoms with Crippen molar-refractivity contribution < 1.29 is 14.3 Å². The number of nitrogens with one attached hydrogen (secondary N) is 3. The molecule has 0 saturated carbocycles. The van der Waals surface area contributed by atoms with Crippen molar-refractivity contribution in [2.24, 2.45) is 5.92 Å². The first-order chi connectivity index (χ1) is 15.0. The van der Waals surface area contributed by atoms with Gasteiger partial charge in [0.1, 0.15) is 0 Å². The highest BCUT2D eigenvalue weighted by atomic mass is 16.5. The summed E-state index contributed by atoms with van der Waals surface area (Å²) in [6.07, 6.45) is 1.03. The van der Waals surface area contributed by atoms with Crippen LogP contribution in [-0.2, 0) is 4.74 Å². The third-order valence-electron chi connectivity index (χ3n) is 5.24. The molecular formula is C24H32N4O3. The lowest BCUT2D eigenvalue weighted by atomic mass is 10.0. The highest BCUT2D eigenvalue weighted by Gasteiger charge is 2.22. The van der Waals surface area contributed by atoms with Gasteiger partial charge in [-0.25, -0.2) is 4.79 Å².